The van der Waals surface area contributed by atoms with Crippen molar-refractivity contribution in [3.8, 4) is 5.75 Å². The predicted molar refractivity (Wildman–Crippen MR) is 84.8 cm³/mol. The van der Waals surface area contributed by atoms with Crippen molar-refractivity contribution in [2.45, 2.75) is 63.7 Å². The fourth-order valence-electron chi connectivity index (χ4n) is 3.82. The molecule has 3 nitrogen and oxygen atoms in total. The van der Waals surface area contributed by atoms with E-state index in [1.165, 1.54) is 17.5 Å². The lowest BCUT2D eigenvalue weighted by Gasteiger charge is -2.46. The highest BCUT2D eigenvalue weighted by Crippen LogP contribution is 2.45. The molecule has 0 saturated carbocycles. The minimum Gasteiger partial charge on any atom is -0.487 e. The minimum absolute atomic E-state index is 0.0476. The molecular weight excluding hydrogens is 262 g/mol. The molecule has 1 aromatic carbocycles. The number of fused-ring (bicyclic) bond motifs is 1. The summed E-state index contributed by atoms with van der Waals surface area (Å²) in [5.74, 6) is 1.06. The Labute approximate surface area is 128 Å². The number of nitrogens with one attached hydrogen (secondary N) is 1. The van der Waals surface area contributed by atoms with Crippen molar-refractivity contribution in [3.63, 3.8) is 0 Å². The van der Waals surface area contributed by atoms with Crippen molar-refractivity contribution in [2.24, 2.45) is 0 Å². The molecule has 2 aliphatic rings. The maximum atomic E-state index is 6.50. The van der Waals surface area contributed by atoms with E-state index in [0.717, 1.165) is 38.0 Å². The van der Waals surface area contributed by atoms with E-state index < -0.39 is 0 Å². The molecule has 0 radical (unpaired) electrons. The summed E-state index contributed by atoms with van der Waals surface area (Å²) in [6.45, 7) is 5.19. The third-order valence-corrected chi connectivity index (χ3v) is 4.91. The van der Waals surface area contributed by atoms with Crippen LogP contribution in [0.4, 0.5) is 0 Å². The van der Waals surface area contributed by atoms with Gasteiger partial charge in [0, 0.05) is 30.9 Å². The minimum atomic E-state index is -0.0476. The predicted octanol–water partition coefficient (Wildman–Crippen LogP) is 3.76. The Morgan fingerprint density at radius 2 is 2.19 bits per heavy atom. The van der Waals surface area contributed by atoms with Gasteiger partial charge in [-0.1, -0.05) is 31.0 Å². The van der Waals surface area contributed by atoms with Crippen LogP contribution >= 0.6 is 0 Å². The number of hydrogen-bond donors (Lipinski definition) is 1. The van der Waals surface area contributed by atoms with Crippen molar-refractivity contribution in [3.05, 3.63) is 29.3 Å². The first-order valence-electron chi connectivity index (χ1n) is 8.24. The summed E-state index contributed by atoms with van der Waals surface area (Å²) < 4.78 is 12.4. The topological polar surface area (TPSA) is 30.5 Å². The molecule has 1 saturated heterocycles. The maximum Gasteiger partial charge on any atom is 0.124 e. The Morgan fingerprint density at radius 3 is 2.95 bits per heavy atom. The quantitative estimate of drug-likeness (QED) is 0.919. The van der Waals surface area contributed by atoms with Crippen LogP contribution < -0.4 is 10.1 Å². The van der Waals surface area contributed by atoms with Crippen LogP contribution in [0.1, 0.15) is 56.2 Å². The van der Waals surface area contributed by atoms with Gasteiger partial charge in [-0.05, 0) is 26.5 Å². The molecule has 1 spiro atoms. The summed E-state index contributed by atoms with van der Waals surface area (Å²) in [5, 5.41) is 3.48. The Hall–Kier alpha value is -1.06. The van der Waals surface area contributed by atoms with E-state index in [2.05, 4.69) is 44.4 Å². The Bertz CT molecular complexity index is 500. The van der Waals surface area contributed by atoms with Gasteiger partial charge < -0.3 is 14.8 Å². The van der Waals surface area contributed by atoms with Crippen LogP contribution in [-0.4, -0.2) is 25.4 Å². The number of ether oxygens (including phenoxy) is 2. The van der Waals surface area contributed by atoms with Crippen LogP contribution in [0.25, 0.3) is 0 Å². The summed E-state index contributed by atoms with van der Waals surface area (Å²) in [6, 6.07) is 6.92. The molecular formula is C18H27NO2. The summed E-state index contributed by atoms with van der Waals surface area (Å²) in [4.78, 5) is 0. The van der Waals surface area contributed by atoms with E-state index >= 15 is 0 Å². The molecule has 3 heteroatoms. The Morgan fingerprint density at radius 1 is 1.33 bits per heavy atom. The van der Waals surface area contributed by atoms with Gasteiger partial charge in [-0.3, -0.25) is 0 Å². The number of hydrogen-bond acceptors (Lipinski definition) is 3. The third-order valence-electron chi connectivity index (χ3n) is 4.91. The molecule has 0 bridgehead atoms. The fourth-order valence-corrected chi connectivity index (χ4v) is 3.82. The van der Waals surface area contributed by atoms with Crippen molar-refractivity contribution < 1.29 is 9.47 Å². The molecule has 21 heavy (non-hydrogen) atoms. The molecule has 2 heterocycles. The zero-order valence-electron chi connectivity index (χ0n) is 13.4. The molecule has 0 amide bonds. The number of benzene rings is 1. The monoisotopic (exact) mass is 289 g/mol. The summed E-state index contributed by atoms with van der Waals surface area (Å²) >= 11 is 0. The molecule has 3 unspecified atom stereocenters. The first-order valence-corrected chi connectivity index (χ1v) is 8.24. The second-order valence-electron chi connectivity index (χ2n) is 6.61. The maximum absolute atomic E-state index is 6.50. The molecule has 1 aromatic rings. The number of aryl methyl sites for hydroxylation is 1. The Balaban J connectivity index is 1.87. The van der Waals surface area contributed by atoms with Gasteiger partial charge in [0.2, 0.25) is 0 Å². The van der Waals surface area contributed by atoms with Gasteiger partial charge in [0.05, 0.1) is 12.7 Å². The van der Waals surface area contributed by atoms with Crippen LogP contribution in [0.3, 0.4) is 0 Å². The second kappa shape index (κ2) is 5.98. The van der Waals surface area contributed by atoms with Crippen molar-refractivity contribution in [1.29, 1.82) is 0 Å². The van der Waals surface area contributed by atoms with Gasteiger partial charge in [-0.2, -0.15) is 0 Å². The largest absolute Gasteiger partial charge is 0.487 e. The molecule has 0 aliphatic carbocycles. The van der Waals surface area contributed by atoms with Gasteiger partial charge in [-0.15, -0.1) is 0 Å². The first kappa shape index (κ1) is 14.9. The van der Waals surface area contributed by atoms with Gasteiger partial charge in [-0.25, -0.2) is 0 Å². The van der Waals surface area contributed by atoms with Gasteiger partial charge >= 0.3 is 0 Å². The molecule has 1 fully saturated rings. The zero-order valence-corrected chi connectivity index (χ0v) is 13.4. The lowest BCUT2D eigenvalue weighted by atomic mass is 9.79. The standard InChI is InChI=1S/C18H27NO2/c1-4-5-14-11-18(8-9-20-14)12-16(19-3)15-10-13(2)6-7-17(15)21-18/h6-7,10,14,16,19H,4-5,8-9,11-12H2,1-3H3. The lowest BCUT2D eigenvalue weighted by molar-refractivity contribution is -0.105. The summed E-state index contributed by atoms with van der Waals surface area (Å²) in [5.41, 5.74) is 2.56. The SMILES string of the molecule is CCCC1CC2(CCO1)CC(NC)c1cc(C)ccc1O2. The van der Waals surface area contributed by atoms with E-state index in [9.17, 15) is 0 Å². The smallest absolute Gasteiger partial charge is 0.124 e. The van der Waals surface area contributed by atoms with Gasteiger partial charge in [0.15, 0.2) is 0 Å². The van der Waals surface area contributed by atoms with Crippen LogP contribution in [0, 0.1) is 6.92 Å². The van der Waals surface area contributed by atoms with E-state index in [4.69, 9.17) is 9.47 Å². The molecule has 116 valence electrons. The molecule has 0 aromatic heterocycles. The molecule has 2 aliphatic heterocycles. The van der Waals surface area contributed by atoms with Crippen molar-refractivity contribution >= 4 is 0 Å². The molecule has 1 N–H and O–H groups in total. The zero-order chi connectivity index (χ0) is 14.9. The average Bonchev–Trinajstić information content (AvgIpc) is 2.47. The fraction of sp³-hybridized carbons (Fsp3) is 0.667. The van der Waals surface area contributed by atoms with E-state index in [-0.39, 0.29) is 5.60 Å². The highest BCUT2D eigenvalue weighted by molar-refractivity contribution is 5.41. The van der Waals surface area contributed by atoms with E-state index in [0.29, 0.717) is 12.1 Å². The molecule has 3 rings (SSSR count). The summed E-state index contributed by atoms with van der Waals surface area (Å²) in [6.07, 6.45) is 5.73. The first-order chi connectivity index (χ1) is 10.2. The Kier molecular flexibility index (Phi) is 4.23. The molecule has 3 atom stereocenters. The van der Waals surface area contributed by atoms with Crippen molar-refractivity contribution in [1.82, 2.24) is 5.32 Å². The van der Waals surface area contributed by atoms with Crippen LogP contribution in [0.15, 0.2) is 18.2 Å². The average molecular weight is 289 g/mol. The lowest BCUT2D eigenvalue weighted by Crippen LogP contribution is -2.50. The highest BCUT2D eigenvalue weighted by atomic mass is 16.5. The highest BCUT2D eigenvalue weighted by Gasteiger charge is 2.44. The summed E-state index contributed by atoms with van der Waals surface area (Å²) in [7, 11) is 2.05. The van der Waals surface area contributed by atoms with Gasteiger partial charge in [0.1, 0.15) is 11.4 Å². The van der Waals surface area contributed by atoms with Crippen LogP contribution in [0.2, 0.25) is 0 Å². The van der Waals surface area contributed by atoms with Crippen molar-refractivity contribution in [2.75, 3.05) is 13.7 Å². The second-order valence-corrected chi connectivity index (χ2v) is 6.61. The van der Waals surface area contributed by atoms with E-state index in [1.807, 2.05) is 0 Å². The number of rotatable bonds is 3. The third kappa shape index (κ3) is 2.95. The van der Waals surface area contributed by atoms with Crippen LogP contribution in [-0.2, 0) is 4.74 Å². The normalized spacial score (nSPS) is 31.8. The van der Waals surface area contributed by atoms with Crippen LogP contribution in [0.5, 0.6) is 5.75 Å². The van der Waals surface area contributed by atoms with E-state index in [1.54, 1.807) is 0 Å². The van der Waals surface area contributed by atoms with Gasteiger partial charge in [0.25, 0.3) is 0 Å².